The largest absolute Gasteiger partial charge is 0.387 e. The number of halogens is 1. The van der Waals surface area contributed by atoms with E-state index in [1.807, 2.05) is 30.5 Å². The van der Waals surface area contributed by atoms with Crippen LogP contribution in [0.2, 0.25) is 0 Å². The Kier molecular flexibility index (Phi) is 6.78. The van der Waals surface area contributed by atoms with E-state index in [1.54, 1.807) is 35.8 Å². The van der Waals surface area contributed by atoms with Crippen LogP contribution in [0.15, 0.2) is 53.4 Å². The number of aliphatic hydroxyl groups excluding tert-OH is 1. The summed E-state index contributed by atoms with van der Waals surface area (Å²) < 4.78 is 12.9. The highest BCUT2D eigenvalue weighted by atomic mass is 32.2. The molecular weight excluding hydrogens is 327 g/mol. The summed E-state index contributed by atoms with van der Waals surface area (Å²) in [5.41, 5.74) is 1.40. The second kappa shape index (κ2) is 8.82. The lowest BCUT2D eigenvalue weighted by molar-refractivity contribution is -0.117. The maximum absolute atomic E-state index is 12.9. The SMILES string of the molecule is CSc1ccccc1NC(=O)CN(C)CC(O)c1ccc(F)cc1. The van der Waals surface area contributed by atoms with E-state index in [0.717, 1.165) is 10.6 Å². The highest BCUT2D eigenvalue weighted by Crippen LogP contribution is 2.24. The molecule has 1 amide bonds. The van der Waals surface area contributed by atoms with Crippen LogP contribution in [0.3, 0.4) is 0 Å². The number of benzene rings is 2. The number of anilines is 1. The number of hydrogen-bond donors (Lipinski definition) is 2. The van der Waals surface area contributed by atoms with Crippen molar-refractivity contribution in [2.24, 2.45) is 0 Å². The minimum atomic E-state index is -0.776. The first-order chi connectivity index (χ1) is 11.5. The van der Waals surface area contributed by atoms with E-state index < -0.39 is 6.10 Å². The van der Waals surface area contributed by atoms with Crippen LogP contribution in [0.25, 0.3) is 0 Å². The van der Waals surface area contributed by atoms with Crippen molar-refractivity contribution in [2.45, 2.75) is 11.0 Å². The molecule has 2 N–H and O–H groups in total. The molecule has 128 valence electrons. The molecule has 0 fully saturated rings. The first-order valence-electron chi connectivity index (χ1n) is 7.54. The van der Waals surface area contributed by atoms with Crippen molar-refractivity contribution in [1.82, 2.24) is 4.90 Å². The molecule has 0 aromatic heterocycles. The second-order valence-electron chi connectivity index (χ2n) is 5.51. The fourth-order valence-corrected chi connectivity index (χ4v) is 2.89. The maximum atomic E-state index is 12.9. The van der Waals surface area contributed by atoms with E-state index in [9.17, 15) is 14.3 Å². The summed E-state index contributed by atoms with van der Waals surface area (Å²) in [5.74, 6) is -0.489. The maximum Gasteiger partial charge on any atom is 0.238 e. The van der Waals surface area contributed by atoms with Crippen LogP contribution in [0.1, 0.15) is 11.7 Å². The van der Waals surface area contributed by atoms with Crippen molar-refractivity contribution in [1.29, 1.82) is 0 Å². The molecule has 0 heterocycles. The highest BCUT2D eigenvalue weighted by Gasteiger charge is 2.14. The zero-order valence-electron chi connectivity index (χ0n) is 13.7. The number of likely N-dealkylation sites (N-methyl/N-ethyl adjacent to an activating group) is 1. The smallest absolute Gasteiger partial charge is 0.238 e. The molecule has 0 aliphatic heterocycles. The number of para-hydroxylation sites is 1. The van der Waals surface area contributed by atoms with Gasteiger partial charge in [-0.3, -0.25) is 9.69 Å². The van der Waals surface area contributed by atoms with Gasteiger partial charge in [0.1, 0.15) is 5.82 Å². The number of carbonyl (C=O) groups is 1. The van der Waals surface area contributed by atoms with Gasteiger partial charge in [0.2, 0.25) is 5.91 Å². The van der Waals surface area contributed by atoms with Crippen molar-refractivity contribution in [3.8, 4) is 0 Å². The van der Waals surface area contributed by atoms with Crippen LogP contribution < -0.4 is 5.32 Å². The van der Waals surface area contributed by atoms with Gasteiger partial charge in [0.25, 0.3) is 0 Å². The van der Waals surface area contributed by atoms with E-state index in [-0.39, 0.29) is 24.8 Å². The average molecular weight is 348 g/mol. The molecule has 2 aromatic carbocycles. The molecule has 0 radical (unpaired) electrons. The van der Waals surface area contributed by atoms with Gasteiger partial charge >= 0.3 is 0 Å². The topological polar surface area (TPSA) is 52.6 Å². The lowest BCUT2D eigenvalue weighted by Gasteiger charge is -2.20. The van der Waals surface area contributed by atoms with Gasteiger partial charge in [-0.2, -0.15) is 0 Å². The summed E-state index contributed by atoms with van der Waals surface area (Å²) in [6.07, 6.45) is 1.18. The van der Waals surface area contributed by atoms with E-state index in [0.29, 0.717) is 5.56 Å². The van der Waals surface area contributed by atoms with Gasteiger partial charge in [-0.25, -0.2) is 4.39 Å². The average Bonchev–Trinajstić information content (AvgIpc) is 2.55. The molecule has 1 unspecified atom stereocenters. The molecular formula is C18H21FN2O2S. The summed E-state index contributed by atoms with van der Waals surface area (Å²) in [7, 11) is 1.76. The third kappa shape index (κ3) is 5.33. The van der Waals surface area contributed by atoms with Gasteiger partial charge < -0.3 is 10.4 Å². The molecule has 0 spiro atoms. The third-order valence-corrected chi connectivity index (χ3v) is 4.33. The Labute approximate surface area is 145 Å². The molecule has 6 heteroatoms. The van der Waals surface area contributed by atoms with E-state index in [1.165, 1.54) is 12.1 Å². The number of hydrogen-bond acceptors (Lipinski definition) is 4. The van der Waals surface area contributed by atoms with E-state index >= 15 is 0 Å². The Morgan fingerprint density at radius 3 is 2.58 bits per heavy atom. The zero-order chi connectivity index (χ0) is 17.5. The summed E-state index contributed by atoms with van der Waals surface area (Å²) >= 11 is 1.57. The molecule has 0 bridgehead atoms. The molecule has 2 rings (SSSR count). The lowest BCUT2D eigenvalue weighted by atomic mass is 10.1. The summed E-state index contributed by atoms with van der Waals surface area (Å²) in [5, 5.41) is 13.0. The van der Waals surface area contributed by atoms with Crippen molar-refractivity contribution in [3.05, 3.63) is 59.9 Å². The van der Waals surface area contributed by atoms with Gasteiger partial charge in [0, 0.05) is 11.4 Å². The van der Waals surface area contributed by atoms with Crippen molar-refractivity contribution in [2.75, 3.05) is 31.7 Å². The molecule has 0 saturated heterocycles. The zero-order valence-corrected chi connectivity index (χ0v) is 14.5. The molecule has 4 nitrogen and oxygen atoms in total. The third-order valence-electron chi connectivity index (χ3n) is 3.53. The minimum Gasteiger partial charge on any atom is -0.387 e. The predicted molar refractivity (Wildman–Crippen MR) is 95.7 cm³/mol. The van der Waals surface area contributed by atoms with Gasteiger partial charge in [-0.15, -0.1) is 11.8 Å². The summed E-state index contributed by atoms with van der Waals surface area (Å²) in [6.45, 7) is 0.435. The Balaban J connectivity index is 1.88. The Morgan fingerprint density at radius 2 is 1.92 bits per heavy atom. The van der Waals surface area contributed by atoms with Crippen LogP contribution in [-0.4, -0.2) is 42.3 Å². The van der Waals surface area contributed by atoms with Crippen LogP contribution in [0.4, 0.5) is 10.1 Å². The van der Waals surface area contributed by atoms with Crippen LogP contribution >= 0.6 is 11.8 Å². The predicted octanol–water partition coefficient (Wildman–Crippen LogP) is 3.15. The van der Waals surface area contributed by atoms with Crippen LogP contribution in [0.5, 0.6) is 0 Å². The fourth-order valence-electron chi connectivity index (χ4n) is 2.33. The Bertz CT molecular complexity index is 679. The highest BCUT2D eigenvalue weighted by molar-refractivity contribution is 7.98. The quantitative estimate of drug-likeness (QED) is 0.755. The Morgan fingerprint density at radius 1 is 1.25 bits per heavy atom. The first kappa shape index (κ1) is 18.4. The normalized spacial score (nSPS) is 12.2. The number of rotatable bonds is 7. The fraction of sp³-hybridized carbons (Fsp3) is 0.278. The van der Waals surface area contributed by atoms with Crippen LogP contribution in [-0.2, 0) is 4.79 Å². The lowest BCUT2D eigenvalue weighted by Crippen LogP contribution is -2.33. The second-order valence-corrected chi connectivity index (χ2v) is 6.36. The van der Waals surface area contributed by atoms with E-state index in [4.69, 9.17) is 0 Å². The van der Waals surface area contributed by atoms with Gasteiger partial charge in [-0.05, 0) is 43.1 Å². The van der Waals surface area contributed by atoms with Crippen molar-refractivity contribution >= 4 is 23.4 Å². The molecule has 1 atom stereocenters. The molecule has 2 aromatic rings. The molecule has 0 aliphatic rings. The molecule has 24 heavy (non-hydrogen) atoms. The number of carbonyl (C=O) groups excluding carboxylic acids is 1. The Hall–Kier alpha value is -1.89. The van der Waals surface area contributed by atoms with Gasteiger partial charge in [-0.1, -0.05) is 24.3 Å². The standard InChI is InChI=1S/C18H21FN2O2S/c1-21(11-16(22)13-7-9-14(19)10-8-13)12-18(23)20-15-5-3-4-6-17(15)24-2/h3-10,16,22H,11-12H2,1-2H3,(H,20,23). The monoisotopic (exact) mass is 348 g/mol. The minimum absolute atomic E-state index is 0.148. The van der Waals surface area contributed by atoms with Gasteiger partial charge in [0.05, 0.1) is 18.3 Å². The molecule has 0 saturated carbocycles. The molecule has 0 aliphatic carbocycles. The first-order valence-corrected chi connectivity index (χ1v) is 8.77. The van der Waals surface area contributed by atoms with Crippen molar-refractivity contribution < 1.29 is 14.3 Å². The van der Waals surface area contributed by atoms with Crippen molar-refractivity contribution in [3.63, 3.8) is 0 Å². The number of thioether (sulfide) groups is 1. The summed E-state index contributed by atoms with van der Waals surface area (Å²) in [4.78, 5) is 14.9. The van der Waals surface area contributed by atoms with Crippen LogP contribution in [0, 0.1) is 5.82 Å². The van der Waals surface area contributed by atoms with Gasteiger partial charge in [0.15, 0.2) is 0 Å². The number of nitrogens with zero attached hydrogens (tertiary/aromatic N) is 1. The summed E-state index contributed by atoms with van der Waals surface area (Å²) in [6, 6.07) is 13.3. The number of nitrogens with one attached hydrogen (secondary N) is 1. The van der Waals surface area contributed by atoms with E-state index in [2.05, 4.69) is 5.32 Å². The number of aliphatic hydroxyl groups is 1. The number of amides is 1.